The summed E-state index contributed by atoms with van der Waals surface area (Å²) in [5, 5.41) is 9.08. The molecule has 7 nitrogen and oxygen atoms in total. The highest BCUT2D eigenvalue weighted by Gasteiger charge is 2.33. The molecule has 0 saturated carbocycles. The summed E-state index contributed by atoms with van der Waals surface area (Å²) in [5.74, 6) is -1.40. The molecule has 2 amide bonds. The Hall–Kier alpha value is -2.67. The Morgan fingerprint density at radius 3 is 2.76 bits per heavy atom. The largest absolute Gasteiger partial charge is 0.479 e. The number of rotatable bonds is 3. The predicted molar refractivity (Wildman–Crippen MR) is 89.3 cm³/mol. The Kier molecular flexibility index (Phi) is 4.85. The second-order valence-electron chi connectivity index (χ2n) is 6.13. The minimum absolute atomic E-state index is 0.0262. The number of hydrogen-bond acceptors (Lipinski definition) is 4. The van der Waals surface area contributed by atoms with Gasteiger partial charge in [-0.05, 0) is 17.2 Å². The molecule has 2 heterocycles. The van der Waals surface area contributed by atoms with Gasteiger partial charge in [0.25, 0.3) is 0 Å². The first-order chi connectivity index (χ1) is 12.0. The minimum Gasteiger partial charge on any atom is -0.479 e. The van der Waals surface area contributed by atoms with Crippen molar-refractivity contribution in [3.63, 3.8) is 0 Å². The molecule has 1 saturated heterocycles. The third-order valence-electron chi connectivity index (χ3n) is 4.53. The maximum atomic E-state index is 12.7. The second-order valence-corrected chi connectivity index (χ2v) is 6.13. The number of benzene rings is 1. The first kappa shape index (κ1) is 17.2. The van der Waals surface area contributed by atoms with E-state index in [1.807, 2.05) is 30.3 Å². The topological polar surface area (TPSA) is 87.2 Å². The Morgan fingerprint density at radius 2 is 2.04 bits per heavy atom. The zero-order valence-corrected chi connectivity index (χ0v) is 13.9. The van der Waals surface area contributed by atoms with Crippen LogP contribution in [-0.4, -0.2) is 58.5 Å². The zero-order valence-electron chi connectivity index (χ0n) is 13.9. The van der Waals surface area contributed by atoms with Crippen molar-refractivity contribution in [3.05, 3.63) is 41.6 Å². The van der Waals surface area contributed by atoms with Crippen molar-refractivity contribution in [2.75, 3.05) is 19.7 Å². The van der Waals surface area contributed by atoms with E-state index in [9.17, 15) is 14.4 Å². The second kappa shape index (κ2) is 7.06. The van der Waals surface area contributed by atoms with Gasteiger partial charge in [0, 0.05) is 19.7 Å². The molecule has 0 aromatic heterocycles. The van der Waals surface area contributed by atoms with E-state index in [1.165, 1.54) is 11.8 Å². The highest BCUT2D eigenvalue weighted by molar-refractivity contribution is 5.82. The van der Waals surface area contributed by atoms with E-state index in [0.717, 1.165) is 11.1 Å². The third kappa shape index (κ3) is 3.56. The molecular formula is C18H20N2O5. The molecule has 0 spiro atoms. The Labute approximate surface area is 145 Å². The number of fused-ring (bicyclic) bond motifs is 1. The number of nitrogens with zero attached hydrogens (tertiary/aromatic N) is 2. The molecule has 0 aliphatic carbocycles. The molecule has 0 radical (unpaired) electrons. The summed E-state index contributed by atoms with van der Waals surface area (Å²) in [6, 6.07) is 7.24. The number of carbonyl (C=O) groups is 3. The van der Waals surface area contributed by atoms with Crippen molar-refractivity contribution >= 4 is 23.9 Å². The molecule has 1 N–H and O–H groups in total. The number of morpholine rings is 1. The number of ether oxygens (including phenoxy) is 1. The summed E-state index contributed by atoms with van der Waals surface area (Å²) in [7, 11) is 0. The SMILES string of the molecule is CC(=O)N1C=Cc2ccccc2C1CC(=O)N1CCOC(C(=O)O)C1. The van der Waals surface area contributed by atoms with E-state index in [1.54, 1.807) is 11.1 Å². The Bertz CT molecular complexity index is 730. The maximum absolute atomic E-state index is 12.7. The van der Waals surface area contributed by atoms with Gasteiger partial charge in [-0.15, -0.1) is 0 Å². The number of aliphatic carboxylic acids is 1. The van der Waals surface area contributed by atoms with E-state index >= 15 is 0 Å². The summed E-state index contributed by atoms with van der Waals surface area (Å²) < 4.78 is 5.16. The van der Waals surface area contributed by atoms with Crippen LogP contribution in [0, 0.1) is 0 Å². The fraction of sp³-hybridized carbons (Fsp3) is 0.389. The molecule has 2 aliphatic rings. The lowest BCUT2D eigenvalue weighted by molar-refractivity contribution is -0.159. The predicted octanol–water partition coefficient (Wildman–Crippen LogP) is 1.26. The molecule has 132 valence electrons. The van der Waals surface area contributed by atoms with E-state index < -0.39 is 18.1 Å². The van der Waals surface area contributed by atoms with Crippen LogP contribution in [0.5, 0.6) is 0 Å². The van der Waals surface area contributed by atoms with Gasteiger partial charge in [-0.2, -0.15) is 0 Å². The van der Waals surface area contributed by atoms with Crippen molar-refractivity contribution < 1.29 is 24.2 Å². The monoisotopic (exact) mass is 344 g/mol. The van der Waals surface area contributed by atoms with E-state index in [-0.39, 0.29) is 31.4 Å². The summed E-state index contributed by atoms with van der Waals surface area (Å²) in [6.07, 6.45) is 2.66. The normalized spacial score (nSPS) is 22.4. The lowest BCUT2D eigenvalue weighted by Gasteiger charge is -2.35. The molecule has 2 aliphatic heterocycles. The molecular weight excluding hydrogens is 324 g/mol. The number of carbonyl (C=O) groups excluding carboxylic acids is 2. The van der Waals surface area contributed by atoms with E-state index in [2.05, 4.69) is 0 Å². The standard InChI is InChI=1S/C18H20N2O5/c1-12(21)20-7-6-13-4-2-3-5-14(13)15(20)10-17(22)19-8-9-25-16(11-19)18(23)24/h2-7,15-16H,8-11H2,1H3,(H,23,24). The van der Waals surface area contributed by atoms with Crippen molar-refractivity contribution in [2.24, 2.45) is 0 Å². The van der Waals surface area contributed by atoms with Crippen molar-refractivity contribution in [1.82, 2.24) is 9.80 Å². The molecule has 7 heteroatoms. The highest BCUT2D eigenvalue weighted by Crippen LogP contribution is 2.33. The first-order valence-electron chi connectivity index (χ1n) is 8.15. The molecule has 1 fully saturated rings. The van der Waals surface area contributed by atoms with Crippen molar-refractivity contribution in [3.8, 4) is 0 Å². The summed E-state index contributed by atoms with van der Waals surface area (Å²) in [6.45, 7) is 2.04. The number of carboxylic acid groups (broad SMARTS) is 1. The molecule has 1 aromatic rings. The Morgan fingerprint density at radius 1 is 1.28 bits per heavy atom. The molecule has 3 rings (SSSR count). The minimum atomic E-state index is -1.08. The number of hydrogen-bond donors (Lipinski definition) is 1. The third-order valence-corrected chi connectivity index (χ3v) is 4.53. The molecule has 1 aromatic carbocycles. The van der Waals surface area contributed by atoms with Gasteiger partial charge in [-0.3, -0.25) is 9.59 Å². The van der Waals surface area contributed by atoms with Crippen LogP contribution in [0.3, 0.4) is 0 Å². The van der Waals surface area contributed by atoms with Crippen LogP contribution >= 0.6 is 0 Å². The van der Waals surface area contributed by atoms with Crippen molar-refractivity contribution in [1.29, 1.82) is 0 Å². The van der Waals surface area contributed by atoms with Gasteiger partial charge in [0.1, 0.15) is 0 Å². The average Bonchev–Trinajstić information content (AvgIpc) is 2.61. The molecule has 2 atom stereocenters. The van der Waals surface area contributed by atoms with Crippen LogP contribution in [0.1, 0.15) is 30.5 Å². The number of amides is 2. The van der Waals surface area contributed by atoms with Gasteiger partial charge in [-0.25, -0.2) is 4.79 Å². The first-order valence-corrected chi connectivity index (χ1v) is 8.15. The van der Waals surface area contributed by atoms with Crippen LogP contribution in [0.2, 0.25) is 0 Å². The van der Waals surface area contributed by atoms with Gasteiger partial charge in [0.15, 0.2) is 6.10 Å². The Balaban J connectivity index is 1.79. The molecule has 25 heavy (non-hydrogen) atoms. The van der Waals surface area contributed by atoms with Gasteiger partial charge in [0.05, 0.1) is 25.6 Å². The van der Waals surface area contributed by atoms with Crippen molar-refractivity contribution in [2.45, 2.75) is 25.5 Å². The highest BCUT2D eigenvalue weighted by atomic mass is 16.5. The van der Waals surface area contributed by atoms with Crippen LogP contribution in [-0.2, 0) is 19.1 Å². The summed E-state index contributed by atoms with van der Waals surface area (Å²) in [5.41, 5.74) is 1.89. The molecule has 0 bridgehead atoms. The lowest BCUT2D eigenvalue weighted by Crippen LogP contribution is -2.49. The van der Waals surface area contributed by atoms with Gasteiger partial charge in [-0.1, -0.05) is 24.3 Å². The summed E-state index contributed by atoms with van der Waals surface area (Å²) >= 11 is 0. The fourth-order valence-electron chi connectivity index (χ4n) is 3.23. The van der Waals surface area contributed by atoms with E-state index in [4.69, 9.17) is 9.84 Å². The van der Waals surface area contributed by atoms with Crippen LogP contribution < -0.4 is 0 Å². The fourth-order valence-corrected chi connectivity index (χ4v) is 3.23. The maximum Gasteiger partial charge on any atom is 0.334 e. The summed E-state index contributed by atoms with van der Waals surface area (Å²) in [4.78, 5) is 38.8. The average molecular weight is 344 g/mol. The van der Waals surface area contributed by atoms with Crippen LogP contribution in [0.25, 0.3) is 6.08 Å². The van der Waals surface area contributed by atoms with Gasteiger partial charge in [0.2, 0.25) is 11.8 Å². The van der Waals surface area contributed by atoms with Crippen LogP contribution in [0.15, 0.2) is 30.5 Å². The van der Waals surface area contributed by atoms with Crippen LogP contribution in [0.4, 0.5) is 0 Å². The number of carboxylic acids is 1. The van der Waals surface area contributed by atoms with Gasteiger partial charge >= 0.3 is 5.97 Å². The zero-order chi connectivity index (χ0) is 18.0. The lowest BCUT2D eigenvalue weighted by atomic mass is 9.93. The molecule has 2 unspecified atom stereocenters. The van der Waals surface area contributed by atoms with Gasteiger partial charge < -0.3 is 19.6 Å². The smallest absolute Gasteiger partial charge is 0.334 e. The quantitative estimate of drug-likeness (QED) is 0.892. The van der Waals surface area contributed by atoms with E-state index in [0.29, 0.717) is 6.54 Å².